The molecule has 0 aliphatic carbocycles. The van der Waals surface area contributed by atoms with Crippen molar-refractivity contribution in [3.8, 4) is 11.3 Å². The van der Waals surface area contributed by atoms with Crippen LogP contribution in [0.4, 0.5) is 4.79 Å². The highest BCUT2D eigenvalue weighted by molar-refractivity contribution is 5.94. The van der Waals surface area contributed by atoms with Crippen molar-refractivity contribution in [2.24, 2.45) is 5.92 Å². The lowest BCUT2D eigenvalue weighted by Crippen LogP contribution is -2.46. The average Bonchev–Trinajstić information content (AvgIpc) is 3.26. The molecule has 0 bridgehead atoms. The normalized spacial score (nSPS) is 16.3. The van der Waals surface area contributed by atoms with Gasteiger partial charge in [0.2, 0.25) is 5.91 Å². The Kier molecular flexibility index (Phi) is 7.50. The third-order valence-electron chi connectivity index (χ3n) is 5.05. The Bertz CT molecular complexity index is 935. The largest absolute Gasteiger partial charge is 0.444 e. The minimum Gasteiger partial charge on any atom is -0.444 e. The highest BCUT2D eigenvalue weighted by atomic mass is 16.6. The number of carbonyl (C=O) groups is 3. The van der Waals surface area contributed by atoms with E-state index in [1.807, 2.05) is 30.3 Å². The SMILES string of the molecule is CC(C)(C)OC(=O)NCCNC(=O)C1CCCN(C(=O)c2cc(-c3ccccc3)n[nH]2)C1. The van der Waals surface area contributed by atoms with E-state index in [-0.39, 0.29) is 24.3 Å². The van der Waals surface area contributed by atoms with Crippen LogP contribution >= 0.6 is 0 Å². The topological polar surface area (TPSA) is 116 Å². The number of amides is 3. The van der Waals surface area contributed by atoms with Gasteiger partial charge in [-0.25, -0.2) is 4.79 Å². The summed E-state index contributed by atoms with van der Waals surface area (Å²) in [5.41, 5.74) is 1.48. The first-order chi connectivity index (χ1) is 15.2. The van der Waals surface area contributed by atoms with Gasteiger partial charge in [-0.15, -0.1) is 0 Å². The van der Waals surface area contributed by atoms with Gasteiger partial charge in [-0.3, -0.25) is 14.7 Å². The molecule has 172 valence electrons. The summed E-state index contributed by atoms with van der Waals surface area (Å²) in [4.78, 5) is 38.8. The molecule has 1 fully saturated rings. The number of hydrogen-bond acceptors (Lipinski definition) is 5. The number of aromatic amines is 1. The van der Waals surface area contributed by atoms with Crippen molar-refractivity contribution < 1.29 is 19.1 Å². The summed E-state index contributed by atoms with van der Waals surface area (Å²) in [6.07, 6.45) is 0.947. The van der Waals surface area contributed by atoms with E-state index in [2.05, 4.69) is 20.8 Å². The predicted molar refractivity (Wildman–Crippen MR) is 120 cm³/mol. The maximum Gasteiger partial charge on any atom is 0.407 e. The van der Waals surface area contributed by atoms with Crippen LogP contribution in [0.3, 0.4) is 0 Å². The highest BCUT2D eigenvalue weighted by Gasteiger charge is 2.29. The van der Waals surface area contributed by atoms with Crippen LogP contribution in [-0.2, 0) is 9.53 Å². The van der Waals surface area contributed by atoms with Gasteiger partial charge in [-0.2, -0.15) is 5.10 Å². The lowest BCUT2D eigenvalue weighted by atomic mass is 9.97. The zero-order chi connectivity index (χ0) is 23.1. The standard InChI is InChI=1S/C23H31N5O4/c1-23(2,3)32-22(31)25-12-11-24-20(29)17-10-7-13-28(15-17)21(30)19-14-18(26-27-19)16-8-5-4-6-9-16/h4-6,8-9,14,17H,7,10-13,15H2,1-3H3,(H,24,29)(H,25,31)(H,26,27). The van der Waals surface area contributed by atoms with Crippen molar-refractivity contribution in [3.63, 3.8) is 0 Å². The molecule has 3 amide bonds. The number of alkyl carbamates (subject to hydrolysis) is 1. The van der Waals surface area contributed by atoms with Crippen molar-refractivity contribution in [1.29, 1.82) is 0 Å². The second kappa shape index (κ2) is 10.3. The van der Waals surface area contributed by atoms with E-state index in [1.165, 1.54) is 0 Å². The maximum absolute atomic E-state index is 12.9. The van der Waals surface area contributed by atoms with Gasteiger partial charge in [-0.05, 0) is 39.7 Å². The van der Waals surface area contributed by atoms with Crippen LogP contribution in [0.25, 0.3) is 11.3 Å². The minimum absolute atomic E-state index is 0.122. The van der Waals surface area contributed by atoms with Crippen molar-refractivity contribution in [2.45, 2.75) is 39.2 Å². The van der Waals surface area contributed by atoms with Crippen molar-refractivity contribution in [3.05, 3.63) is 42.1 Å². The maximum atomic E-state index is 12.9. The van der Waals surface area contributed by atoms with Crippen LogP contribution in [0.2, 0.25) is 0 Å². The smallest absolute Gasteiger partial charge is 0.407 e. The van der Waals surface area contributed by atoms with E-state index in [0.717, 1.165) is 12.0 Å². The van der Waals surface area contributed by atoms with Crippen LogP contribution in [0, 0.1) is 5.92 Å². The molecule has 3 rings (SSSR count). The van der Waals surface area contributed by atoms with E-state index in [1.54, 1.807) is 31.7 Å². The van der Waals surface area contributed by atoms with Crippen molar-refractivity contribution >= 4 is 17.9 Å². The number of nitrogens with one attached hydrogen (secondary N) is 3. The number of ether oxygens (including phenoxy) is 1. The van der Waals surface area contributed by atoms with Crippen LogP contribution < -0.4 is 10.6 Å². The molecule has 1 atom stereocenters. The van der Waals surface area contributed by atoms with Gasteiger partial charge < -0.3 is 20.3 Å². The summed E-state index contributed by atoms with van der Waals surface area (Å²) in [6.45, 7) is 6.88. The van der Waals surface area contributed by atoms with Crippen LogP contribution in [0.1, 0.15) is 44.1 Å². The number of piperidine rings is 1. The molecule has 1 unspecified atom stereocenters. The molecular weight excluding hydrogens is 410 g/mol. The third-order valence-corrected chi connectivity index (χ3v) is 5.05. The fraction of sp³-hybridized carbons (Fsp3) is 0.478. The zero-order valence-corrected chi connectivity index (χ0v) is 18.8. The number of H-pyrrole nitrogens is 1. The first kappa shape index (κ1) is 23.3. The number of hydrogen-bond donors (Lipinski definition) is 3. The lowest BCUT2D eigenvalue weighted by molar-refractivity contribution is -0.126. The van der Waals surface area contributed by atoms with Gasteiger partial charge in [0.1, 0.15) is 11.3 Å². The van der Waals surface area contributed by atoms with E-state index in [4.69, 9.17) is 4.74 Å². The second-order valence-electron chi connectivity index (χ2n) is 8.84. The van der Waals surface area contributed by atoms with E-state index >= 15 is 0 Å². The molecule has 1 saturated heterocycles. The van der Waals surface area contributed by atoms with Crippen LogP contribution in [-0.4, -0.2) is 64.8 Å². The molecule has 32 heavy (non-hydrogen) atoms. The van der Waals surface area contributed by atoms with E-state index in [0.29, 0.717) is 37.4 Å². The Hall–Kier alpha value is -3.36. The summed E-state index contributed by atoms with van der Waals surface area (Å²) in [6, 6.07) is 11.4. The van der Waals surface area contributed by atoms with Crippen LogP contribution in [0.5, 0.6) is 0 Å². The Morgan fingerprint density at radius 1 is 1.16 bits per heavy atom. The molecule has 0 radical (unpaired) electrons. The summed E-state index contributed by atoms with van der Waals surface area (Å²) in [5.74, 6) is -0.572. The molecule has 1 aromatic carbocycles. The number of rotatable bonds is 6. The monoisotopic (exact) mass is 441 g/mol. The Labute approximate surface area is 187 Å². The summed E-state index contributed by atoms with van der Waals surface area (Å²) < 4.78 is 5.16. The van der Waals surface area contributed by atoms with Crippen molar-refractivity contribution in [2.75, 3.05) is 26.2 Å². The Morgan fingerprint density at radius 2 is 1.88 bits per heavy atom. The zero-order valence-electron chi connectivity index (χ0n) is 18.8. The number of nitrogens with zero attached hydrogens (tertiary/aromatic N) is 2. The Balaban J connectivity index is 1.47. The summed E-state index contributed by atoms with van der Waals surface area (Å²) in [5, 5.41) is 12.5. The molecule has 0 saturated carbocycles. The van der Waals surface area contributed by atoms with Gasteiger partial charge in [-0.1, -0.05) is 30.3 Å². The molecule has 9 heteroatoms. The number of benzene rings is 1. The molecule has 2 heterocycles. The molecule has 0 spiro atoms. The molecular formula is C23H31N5O4. The van der Waals surface area contributed by atoms with Gasteiger partial charge in [0.05, 0.1) is 11.6 Å². The lowest BCUT2D eigenvalue weighted by Gasteiger charge is -2.31. The second-order valence-corrected chi connectivity index (χ2v) is 8.84. The summed E-state index contributed by atoms with van der Waals surface area (Å²) >= 11 is 0. The molecule has 1 aliphatic heterocycles. The van der Waals surface area contributed by atoms with Gasteiger partial charge >= 0.3 is 6.09 Å². The van der Waals surface area contributed by atoms with E-state index < -0.39 is 11.7 Å². The molecule has 9 nitrogen and oxygen atoms in total. The van der Waals surface area contributed by atoms with Gasteiger partial charge in [0, 0.05) is 31.7 Å². The number of aromatic nitrogens is 2. The average molecular weight is 442 g/mol. The van der Waals surface area contributed by atoms with E-state index in [9.17, 15) is 14.4 Å². The minimum atomic E-state index is -0.568. The van der Waals surface area contributed by atoms with Crippen molar-refractivity contribution in [1.82, 2.24) is 25.7 Å². The molecule has 2 aromatic rings. The first-order valence-electron chi connectivity index (χ1n) is 10.9. The fourth-order valence-corrected chi connectivity index (χ4v) is 3.54. The Morgan fingerprint density at radius 3 is 2.59 bits per heavy atom. The fourth-order valence-electron chi connectivity index (χ4n) is 3.54. The summed E-state index contributed by atoms with van der Waals surface area (Å²) in [7, 11) is 0. The van der Waals surface area contributed by atoms with Crippen LogP contribution in [0.15, 0.2) is 36.4 Å². The van der Waals surface area contributed by atoms with Gasteiger partial charge in [0.25, 0.3) is 5.91 Å². The first-order valence-corrected chi connectivity index (χ1v) is 10.9. The number of carbonyl (C=O) groups excluding carboxylic acids is 3. The number of likely N-dealkylation sites (tertiary alicyclic amines) is 1. The predicted octanol–water partition coefficient (Wildman–Crippen LogP) is 2.57. The third kappa shape index (κ3) is 6.57. The highest BCUT2D eigenvalue weighted by Crippen LogP contribution is 2.21. The molecule has 1 aliphatic rings. The van der Waals surface area contributed by atoms with Gasteiger partial charge in [0.15, 0.2) is 0 Å². The molecule has 1 aromatic heterocycles. The molecule has 3 N–H and O–H groups in total. The quantitative estimate of drug-likeness (QED) is 0.596.